The quantitative estimate of drug-likeness (QED) is 0.474. The van der Waals surface area contributed by atoms with Crippen LogP contribution in [-0.4, -0.2) is 44.2 Å². The molecule has 0 fully saturated rings. The van der Waals surface area contributed by atoms with Crippen molar-refractivity contribution in [1.29, 1.82) is 0 Å². The van der Waals surface area contributed by atoms with Crippen LogP contribution in [0.4, 0.5) is 4.39 Å². The Kier molecular flexibility index (Phi) is 7.84. The number of likely N-dealkylation sites (N-methyl/N-ethyl adjacent to an activating group) is 1. The van der Waals surface area contributed by atoms with Crippen molar-refractivity contribution in [2.24, 2.45) is 0 Å². The van der Waals surface area contributed by atoms with Crippen LogP contribution in [-0.2, 0) is 27.9 Å². The molecule has 174 valence electrons. The van der Waals surface area contributed by atoms with Crippen LogP contribution in [0, 0.1) is 12.7 Å². The maximum atomic E-state index is 13.4. The lowest BCUT2D eigenvalue weighted by Gasteiger charge is -2.25. The molecule has 3 rings (SSSR count). The molecule has 3 aromatic carbocycles. The number of carbonyl (C=O) groups is 1. The molecular weight excluding hydrogens is 443 g/mol. The average molecular weight is 471 g/mol. The first kappa shape index (κ1) is 24.4. The van der Waals surface area contributed by atoms with Gasteiger partial charge < -0.3 is 9.64 Å². The average Bonchev–Trinajstić information content (AvgIpc) is 2.80. The van der Waals surface area contributed by atoms with Crippen LogP contribution in [0.25, 0.3) is 0 Å². The highest BCUT2D eigenvalue weighted by molar-refractivity contribution is 7.89. The van der Waals surface area contributed by atoms with Gasteiger partial charge in [-0.15, -0.1) is 0 Å². The smallest absolute Gasteiger partial charge is 0.243 e. The fraction of sp³-hybridized carbons (Fsp3) is 0.240. The maximum Gasteiger partial charge on any atom is 0.243 e. The molecule has 0 aromatic heterocycles. The van der Waals surface area contributed by atoms with E-state index in [0.29, 0.717) is 17.9 Å². The number of carbonyl (C=O) groups excluding carboxylic acids is 1. The molecule has 0 saturated carbocycles. The van der Waals surface area contributed by atoms with Gasteiger partial charge in [0.2, 0.25) is 15.9 Å². The van der Waals surface area contributed by atoms with E-state index in [1.165, 1.54) is 41.3 Å². The number of aryl methyl sites for hydroxylation is 1. The summed E-state index contributed by atoms with van der Waals surface area (Å²) in [5, 5.41) is 0. The molecule has 0 radical (unpaired) electrons. The number of halogens is 1. The third-order valence-corrected chi connectivity index (χ3v) is 7.05. The topological polar surface area (TPSA) is 66.9 Å². The normalized spacial score (nSPS) is 11.4. The minimum Gasteiger partial charge on any atom is -0.497 e. The van der Waals surface area contributed by atoms with Crippen LogP contribution in [0.15, 0.2) is 77.7 Å². The van der Waals surface area contributed by atoms with Crippen LogP contribution in [0.5, 0.6) is 5.75 Å². The Morgan fingerprint density at radius 2 is 1.42 bits per heavy atom. The zero-order valence-electron chi connectivity index (χ0n) is 18.9. The molecule has 0 aliphatic carbocycles. The monoisotopic (exact) mass is 470 g/mol. The second kappa shape index (κ2) is 10.6. The van der Waals surface area contributed by atoms with Gasteiger partial charge in [0.05, 0.1) is 18.6 Å². The number of benzene rings is 3. The summed E-state index contributed by atoms with van der Waals surface area (Å²) in [6, 6.07) is 19.3. The molecule has 0 bridgehead atoms. The van der Waals surface area contributed by atoms with Gasteiger partial charge in [-0.1, -0.05) is 42.0 Å². The van der Waals surface area contributed by atoms with Crippen molar-refractivity contribution in [3.8, 4) is 5.75 Å². The van der Waals surface area contributed by atoms with Crippen molar-refractivity contribution in [2.75, 3.05) is 20.7 Å². The minimum atomic E-state index is -3.96. The first-order chi connectivity index (χ1) is 15.7. The molecular formula is C25H27FN2O4S. The summed E-state index contributed by atoms with van der Waals surface area (Å²) >= 11 is 0. The molecule has 0 spiro atoms. The van der Waals surface area contributed by atoms with E-state index in [-0.39, 0.29) is 23.9 Å². The summed E-state index contributed by atoms with van der Waals surface area (Å²) in [5.41, 5.74) is 2.39. The number of nitrogens with zero attached hydrogens (tertiary/aromatic N) is 2. The third-order valence-electron chi connectivity index (χ3n) is 5.25. The molecule has 0 unspecified atom stereocenters. The minimum absolute atomic E-state index is 0.0569. The summed E-state index contributed by atoms with van der Waals surface area (Å²) in [5.74, 6) is -0.0620. The van der Waals surface area contributed by atoms with Crippen molar-refractivity contribution >= 4 is 15.9 Å². The van der Waals surface area contributed by atoms with E-state index in [9.17, 15) is 17.6 Å². The Labute approximate surface area is 194 Å². The molecule has 6 nitrogen and oxygen atoms in total. The molecule has 0 aliphatic heterocycles. The molecule has 3 aromatic rings. The Morgan fingerprint density at radius 1 is 0.879 bits per heavy atom. The van der Waals surface area contributed by atoms with Crippen LogP contribution < -0.4 is 4.74 Å². The third kappa shape index (κ3) is 6.40. The van der Waals surface area contributed by atoms with Gasteiger partial charge in [-0.2, -0.15) is 4.31 Å². The fourth-order valence-electron chi connectivity index (χ4n) is 3.24. The number of hydrogen-bond acceptors (Lipinski definition) is 4. The standard InChI is InChI=1S/C25H27FN2O4S/c1-19-4-14-24(15-5-19)33(30,31)28(17-21-6-10-22(26)11-7-21)18-25(29)27(2)16-20-8-12-23(32-3)13-9-20/h4-15H,16-18H2,1-3H3. The fourth-order valence-corrected chi connectivity index (χ4v) is 4.62. The predicted molar refractivity (Wildman–Crippen MR) is 125 cm³/mol. The molecule has 0 atom stereocenters. The zero-order valence-corrected chi connectivity index (χ0v) is 19.7. The van der Waals surface area contributed by atoms with Crippen molar-refractivity contribution in [2.45, 2.75) is 24.9 Å². The maximum absolute atomic E-state index is 13.4. The highest BCUT2D eigenvalue weighted by Gasteiger charge is 2.28. The number of methoxy groups -OCH3 is 1. The summed E-state index contributed by atoms with van der Waals surface area (Å²) in [4.78, 5) is 14.6. The van der Waals surface area contributed by atoms with E-state index in [2.05, 4.69) is 0 Å². The first-order valence-corrected chi connectivity index (χ1v) is 11.8. The summed E-state index contributed by atoms with van der Waals surface area (Å²) in [7, 11) is -0.757. The second-order valence-electron chi connectivity index (χ2n) is 7.81. The van der Waals surface area contributed by atoms with E-state index < -0.39 is 15.8 Å². The van der Waals surface area contributed by atoms with Gasteiger partial charge in [-0.05, 0) is 54.4 Å². The van der Waals surface area contributed by atoms with Crippen LogP contribution in [0.3, 0.4) is 0 Å². The molecule has 8 heteroatoms. The predicted octanol–water partition coefficient (Wildman–Crippen LogP) is 3.99. The zero-order chi connectivity index (χ0) is 24.0. The molecule has 0 N–H and O–H groups in total. The number of rotatable bonds is 9. The van der Waals surface area contributed by atoms with Gasteiger partial charge in [0.15, 0.2) is 0 Å². The Bertz CT molecular complexity index is 1180. The molecule has 0 saturated heterocycles. The first-order valence-electron chi connectivity index (χ1n) is 10.4. The van der Waals surface area contributed by atoms with Crippen LogP contribution >= 0.6 is 0 Å². The number of ether oxygens (including phenoxy) is 1. The Hall–Kier alpha value is -3.23. The van der Waals surface area contributed by atoms with Crippen LogP contribution in [0.2, 0.25) is 0 Å². The summed E-state index contributed by atoms with van der Waals surface area (Å²) in [6.07, 6.45) is 0. The van der Waals surface area contributed by atoms with Crippen molar-refractivity contribution in [3.05, 3.63) is 95.3 Å². The van der Waals surface area contributed by atoms with E-state index in [1.807, 2.05) is 19.1 Å². The van der Waals surface area contributed by atoms with Crippen molar-refractivity contribution < 1.29 is 22.3 Å². The SMILES string of the molecule is COc1ccc(CN(C)C(=O)CN(Cc2ccc(F)cc2)S(=O)(=O)c2ccc(C)cc2)cc1. The highest BCUT2D eigenvalue weighted by Crippen LogP contribution is 2.20. The van der Waals surface area contributed by atoms with Gasteiger partial charge in [-0.3, -0.25) is 4.79 Å². The highest BCUT2D eigenvalue weighted by atomic mass is 32.2. The molecule has 0 heterocycles. The van der Waals surface area contributed by atoms with Gasteiger partial charge in [-0.25, -0.2) is 12.8 Å². The number of sulfonamides is 1. The lowest BCUT2D eigenvalue weighted by atomic mass is 10.2. The number of amides is 1. The Balaban J connectivity index is 1.82. The molecule has 1 amide bonds. The lowest BCUT2D eigenvalue weighted by Crippen LogP contribution is -2.40. The van der Waals surface area contributed by atoms with E-state index in [4.69, 9.17) is 4.74 Å². The molecule has 33 heavy (non-hydrogen) atoms. The van der Waals surface area contributed by atoms with Gasteiger partial charge in [0, 0.05) is 20.1 Å². The van der Waals surface area contributed by atoms with Crippen molar-refractivity contribution in [1.82, 2.24) is 9.21 Å². The summed E-state index contributed by atoms with van der Waals surface area (Å²) in [6.45, 7) is 1.78. The van der Waals surface area contributed by atoms with Gasteiger partial charge in [0.25, 0.3) is 0 Å². The Morgan fingerprint density at radius 3 is 2.00 bits per heavy atom. The summed E-state index contributed by atoms with van der Waals surface area (Å²) < 4.78 is 46.3. The van der Waals surface area contributed by atoms with E-state index in [0.717, 1.165) is 15.4 Å². The lowest BCUT2D eigenvalue weighted by molar-refractivity contribution is -0.130. The van der Waals surface area contributed by atoms with Gasteiger partial charge >= 0.3 is 0 Å². The molecule has 0 aliphatic rings. The second-order valence-corrected chi connectivity index (χ2v) is 9.75. The largest absolute Gasteiger partial charge is 0.497 e. The van der Waals surface area contributed by atoms with Gasteiger partial charge in [0.1, 0.15) is 11.6 Å². The number of hydrogen-bond donors (Lipinski definition) is 0. The van der Waals surface area contributed by atoms with E-state index in [1.54, 1.807) is 38.4 Å². The van der Waals surface area contributed by atoms with Crippen LogP contribution in [0.1, 0.15) is 16.7 Å². The van der Waals surface area contributed by atoms with E-state index >= 15 is 0 Å². The van der Waals surface area contributed by atoms with Crippen molar-refractivity contribution in [3.63, 3.8) is 0 Å².